The van der Waals surface area contributed by atoms with Crippen LogP contribution in [0.4, 0.5) is 11.4 Å². The van der Waals surface area contributed by atoms with Crippen LogP contribution in [0.1, 0.15) is 37.3 Å². The lowest BCUT2D eigenvalue weighted by molar-refractivity contribution is -0.114. The molecule has 0 radical (unpaired) electrons. The Kier molecular flexibility index (Phi) is 5.83. The molecule has 1 N–H and O–H groups in total. The number of amides is 1. The van der Waals surface area contributed by atoms with Gasteiger partial charge in [-0.15, -0.1) is 0 Å². The molecule has 0 bridgehead atoms. The predicted octanol–water partition coefficient (Wildman–Crippen LogP) is 3.18. The second-order valence-electron chi connectivity index (χ2n) is 6.46. The zero-order valence-corrected chi connectivity index (χ0v) is 14.4. The van der Waals surface area contributed by atoms with Crippen LogP contribution in [0, 0.1) is 13.8 Å². The lowest BCUT2D eigenvalue weighted by atomic mass is 10.1. The Morgan fingerprint density at radius 2 is 1.77 bits per heavy atom. The van der Waals surface area contributed by atoms with E-state index in [0.717, 1.165) is 29.9 Å². The van der Waals surface area contributed by atoms with Gasteiger partial charge in [0.25, 0.3) is 0 Å². The number of carbonyl (C=O) groups is 1. The summed E-state index contributed by atoms with van der Waals surface area (Å²) in [5.41, 5.74) is 4.41. The monoisotopic (exact) mass is 303 g/mol. The van der Waals surface area contributed by atoms with Crippen molar-refractivity contribution in [2.24, 2.45) is 0 Å². The fourth-order valence-corrected chi connectivity index (χ4v) is 3.14. The maximum Gasteiger partial charge on any atom is 0.221 e. The van der Waals surface area contributed by atoms with Gasteiger partial charge in [-0.05, 0) is 63.0 Å². The molecule has 22 heavy (non-hydrogen) atoms. The molecular weight excluding hydrogens is 274 g/mol. The van der Waals surface area contributed by atoms with Gasteiger partial charge in [0.2, 0.25) is 5.91 Å². The Labute approximate surface area is 134 Å². The van der Waals surface area contributed by atoms with Gasteiger partial charge in [0.15, 0.2) is 0 Å². The minimum Gasteiger partial charge on any atom is -0.373 e. The van der Waals surface area contributed by atoms with Crippen molar-refractivity contribution >= 4 is 17.3 Å². The van der Waals surface area contributed by atoms with E-state index in [1.54, 1.807) is 6.92 Å². The SMILES string of the molecule is CC(=O)Nc1c(C)cc(N(C)CCN2CCCCC2)cc1C. The maximum absolute atomic E-state index is 11.3. The highest BCUT2D eigenvalue weighted by Crippen LogP contribution is 2.26. The smallest absolute Gasteiger partial charge is 0.221 e. The molecule has 4 nitrogen and oxygen atoms in total. The number of aryl methyl sites for hydroxylation is 2. The molecule has 0 aromatic heterocycles. The van der Waals surface area contributed by atoms with E-state index in [9.17, 15) is 4.79 Å². The molecule has 1 heterocycles. The number of likely N-dealkylation sites (tertiary alicyclic amines) is 1. The van der Waals surface area contributed by atoms with Gasteiger partial charge >= 0.3 is 0 Å². The number of anilines is 2. The summed E-state index contributed by atoms with van der Waals surface area (Å²) < 4.78 is 0. The number of hydrogen-bond donors (Lipinski definition) is 1. The summed E-state index contributed by atoms with van der Waals surface area (Å²) >= 11 is 0. The van der Waals surface area contributed by atoms with Crippen LogP contribution in [0.2, 0.25) is 0 Å². The third-order valence-corrected chi connectivity index (χ3v) is 4.46. The molecule has 0 saturated carbocycles. The summed E-state index contributed by atoms with van der Waals surface area (Å²) in [5, 5.41) is 2.93. The van der Waals surface area contributed by atoms with Gasteiger partial charge < -0.3 is 15.1 Å². The number of likely N-dealkylation sites (N-methyl/N-ethyl adjacent to an activating group) is 1. The number of rotatable bonds is 5. The van der Waals surface area contributed by atoms with Crippen LogP contribution in [0.3, 0.4) is 0 Å². The fraction of sp³-hybridized carbons (Fsp3) is 0.611. The van der Waals surface area contributed by atoms with Gasteiger partial charge in [-0.1, -0.05) is 6.42 Å². The van der Waals surface area contributed by atoms with Gasteiger partial charge in [-0.3, -0.25) is 4.79 Å². The van der Waals surface area contributed by atoms with Gasteiger partial charge in [-0.2, -0.15) is 0 Å². The summed E-state index contributed by atoms with van der Waals surface area (Å²) in [7, 11) is 2.15. The Bertz CT molecular complexity index is 498. The Balaban J connectivity index is 2.00. The van der Waals surface area contributed by atoms with E-state index in [2.05, 4.69) is 48.1 Å². The van der Waals surface area contributed by atoms with Crippen LogP contribution in [-0.2, 0) is 4.79 Å². The topological polar surface area (TPSA) is 35.6 Å². The van der Waals surface area contributed by atoms with E-state index in [0.29, 0.717) is 0 Å². The molecule has 4 heteroatoms. The van der Waals surface area contributed by atoms with Crippen LogP contribution in [0.5, 0.6) is 0 Å². The number of piperidine rings is 1. The third kappa shape index (κ3) is 4.47. The largest absolute Gasteiger partial charge is 0.373 e. The van der Waals surface area contributed by atoms with Gasteiger partial charge in [0, 0.05) is 38.4 Å². The van der Waals surface area contributed by atoms with Crippen molar-refractivity contribution < 1.29 is 4.79 Å². The first kappa shape index (κ1) is 16.8. The fourth-order valence-electron chi connectivity index (χ4n) is 3.14. The molecule has 1 amide bonds. The molecule has 0 atom stereocenters. The zero-order valence-electron chi connectivity index (χ0n) is 14.4. The molecule has 1 aliphatic heterocycles. The number of benzene rings is 1. The van der Waals surface area contributed by atoms with Gasteiger partial charge in [0.1, 0.15) is 0 Å². The Morgan fingerprint density at radius 1 is 1.18 bits per heavy atom. The summed E-state index contributed by atoms with van der Waals surface area (Å²) in [6.45, 7) is 10.3. The lowest BCUT2D eigenvalue weighted by Crippen LogP contribution is -2.36. The second kappa shape index (κ2) is 7.63. The number of nitrogens with zero attached hydrogens (tertiary/aromatic N) is 2. The molecule has 1 aliphatic rings. The van der Waals surface area contributed by atoms with E-state index in [-0.39, 0.29) is 5.91 Å². The van der Waals surface area contributed by atoms with E-state index >= 15 is 0 Å². The maximum atomic E-state index is 11.3. The van der Waals surface area contributed by atoms with E-state index in [1.807, 2.05) is 0 Å². The van der Waals surface area contributed by atoms with Crippen molar-refractivity contribution in [3.8, 4) is 0 Å². The first-order valence-corrected chi connectivity index (χ1v) is 8.29. The summed E-state index contributed by atoms with van der Waals surface area (Å²) in [5.74, 6) is -0.0163. The normalized spacial score (nSPS) is 15.6. The first-order valence-electron chi connectivity index (χ1n) is 8.29. The number of carbonyl (C=O) groups excluding carboxylic acids is 1. The van der Waals surface area contributed by atoms with Crippen molar-refractivity contribution in [3.63, 3.8) is 0 Å². The van der Waals surface area contributed by atoms with Crippen LogP contribution >= 0.6 is 0 Å². The summed E-state index contributed by atoms with van der Waals surface area (Å²) in [6, 6.07) is 4.32. The molecule has 2 rings (SSSR count). The molecule has 1 aromatic carbocycles. The predicted molar refractivity (Wildman–Crippen MR) is 93.8 cm³/mol. The van der Waals surface area contributed by atoms with Crippen molar-refractivity contribution in [1.29, 1.82) is 0 Å². The molecular formula is C18H29N3O. The third-order valence-electron chi connectivity index (χ3n) is 4.46. The summed E-state index contributed by atoms with van der Waals surface area (Å²) in [4.78, 5) is 16.2. The minimum atomic E-state index is -0.0163. The lowest BCUT2D eigenvalue weighted by Gasteiger charge is -2.29. The van der Waals surface area contributed by atoms with Crippen LogP contribution in [-0.4, -0.2) is 44.0 Å². The van der Waals surface area contributed by atoms with Crippen molar-refractivity contribution in [2.45, 2.75) is 40.0 Å². The molecule has 1 fully saturated rings. The highest BCUT2D eigenvalue weighted by molar-refractivity contribution is 5.91. The Morgan fingerprint density at radius 3 is 2.32 bits per heavy atom. The van der Waals surface area contributed by atoms with Crippen molar-refractivity contribution in [1.82, 2.24) is 4.90 Å². The van der Waals surface area contributed by atoms with Gasteiger partial charge in [0.05, 0.1) is 0 Å². The quantitative estimate of drug-likeness (QED) is 0.907. The molecule has 1 aromatic rings. The average molecular weight is 303 g/mol. The molecule has 0 unspecified atom stereocenters. The standard InChI is InChI=1S/C18H29N3O/c1-14-12-17(13-15(2)18(14)19-16(3)22)20(4)10-11-21-8-6-5-7-9-21/h12-13H,5-11H2,1-4H3,(H,19,22). The average Bonchev–Trinajstić information content (AvgIpc) is 2.49. The highest BCUT2D eigenvalue weighted by atomic mass is 16.1. The zero-order chi connectivity index (χ0) is 16.1. The van der Waals surface area contributed by atoms with Crippen molar-refractivity contribution in [3.05, 3.63) is 23.3 Å². The molecule has 122 valence electrons. The Hall–Kier alpha value is -1.55. The van der Waals surface area contributed by atoms with E-state index in [1.165, 1.54) is 38.0 Å². The molecule has 0 aliphatic carbocycles. The van der Waals surface area contributed by atoms with Crippen LogP contribution < -0.4 is 10.2 Å². The van der Waals surface area contributed by atoms with Gasteiger partial charge in [-0.25, -0.2) is 0 Å². The highest BCUT2D eigenvalue weighted by Gasteiger charge is 2.12. The molecule has 1 saturated heterocycles. The number of hydrogen-bond acceptors (Lipinski definition) is 3. The second-order valence-corrected chi connectivity index (χ2v) is 6.46. The molecule has 0 spiro atoms. The first-order chi connectivity index (χ1) is 10.5. The van der Waals surface area contributed by atoms with E-state index in [4.69, 9.17) is 0 Å². The van der Waals surface area contributed by atoms with Crippen LogP contribution in [0.15, 0.2) is 12.1 Å². The van der Waals surface area contributed by atoms with Crippen LogP contribution in [0.25, 0.3) is 0 Å². The minimum absolute atomic E-state index is 0.0163. The summed E-state index contributed by atoms with van der Waals surface area (Å²) in [6.07, 6.45) is 4.07. The van der Waals surface area contributed by atoms with E-state index < -0.39 is 0 Å². The van der Waals surface area contributed by atoms with Crippen molar-refractivity contribution in [2.75, 3.05) is 43.4 Å². The number of nitrogens with one attached hydrogen (secondary N) is 1.